The van der Waals surface area contributed by atoms with E-state index in [0.717, 1.165) is 0 Å². The van der Waals surface area contributed by atoms with Crippen molar-refractivity contribution < 1.29 is 27.4 Å². The monoisotopic (exact) mass is 471 g/mol. The van der Waals surface area contributed by atoms with Crippen molar-refractivity contribution in [1.82, 2.24) is 9.88 Å². The number of anilines is 1. The number of fused-ring (bicyclic) bond motifs is 1. The number of carbonyl (C=O) groups is 1. The van der Waals surface area contributed by atoms with Gasteiger partial charge in [0.1, 0.15) is 11.5 Å². The number of halogens is 4. The van der Waals surface area contributed by atoms with Crippen LogP contribution in [0.3, 0.4) is 0 Å². The molecule has 0 unspecified atom stereocenters. The second-order valence-electron chi connectivity index (χ2n) is 6.80. The van der Waals surface area contributed by atoms with Gasteiger partial charge in [0.05, 0.1) is 22.9 Å². The van der Waals surface area contributed by atoms with Crippen molar-refractivity contribution in [3.8, 4) is 11.5 Å². The second-order valence-corrected chi connectivity index (χ2v) is 8.24. The maximum Gasteiger partial charge on any atom is 0.573 e. The fourth-order valence-electron chi connectivity index (χ4n) is 3.34. The zero-order chi connectivity index (χ0) is 22.2. The molecule has 0 saturated carbocycles. The van der Waals surface area contributed by atoms with E-state index in [1.165, 1.54) is 36.6 Å². The van der Waals surface area contributed by atoms with Crippen molar-refractivity contribution in [1.29, 1.82) is 0 Å². The van der Waals surface area contributed by atoms with Gasteiger partial charge < -0.3 is 19.3 Å². The first-order valence-electron chi connectivity index (χ1n) is 9.27. The third-order valence-corrected chi connectivity index (χ3v) is 6.13. The number of carbonyl (C=O) groups excluding carboxylic acids is 1. The lowest BCUT2D eigenvalue weighted by Crippen LogP contribution is -2.48. The minimum absolute atomic E-state index is 0.169. The molecule has 0 N–H and O–H groups in total. The van der Waals surface area contributed by atoms with Gasteiger partial charge in [-0.3, -0.25) is 4.79 Å². The van der Waals surface area contributed by atoms with Crippen molar-refractivity contribution in [2.45, 2.75) is 6.36 Å². The molecule has 0 radical (unpaired) electrons. The van der Waals surface area contributed by atoms with Gasteiger partial charge in [-0.05, 0) is 30.3 Å². The normalized spacial score (nSPS) is 14.7. The number of methoxy groups -OCH3 is 1. The molecule has 164 valence electrons. The number of hydrogen-bond acceptors (Lipinski definition) is 6. The first-order chi connectivity index (χ1) is 14.7. The van der Waals surface area contributed by atoms with Crippen LogP contribution in [-0.4, -0.2) is 55.4 Å². The second kappa shape index (κ2) is 8.43. The van der Waals surface area contributed by atoms with Gasteiger partial charge in [-0.15, -0.1) is 13.2 Å². The highest BCUT2D eigenvalue weighted by Crippen LogP contribution is 2.34. The van der Waals surface area contributed by atoms with E-state index in [9.17, 15) is 18.0 Å². The predicted octanol–water partition coefficient (Wildman–Crippen LogP) is 4.82. The van der Waals surface area contributed by atoms with Crippen molar-refractivity contribution in [3.63, 3.8) is 0 Å². The van der Waals surface area contributed by atoms with Crippen molar-refractivity contribution >= 4 is 44.2 Å². The number of ether oxygens (including phenoxy) is 2. The largest absolute Gasteiger partial charge is 0.573 e. The summed E-state index contributed by atoms with van der Waals surface area (Å²) in [5.41, 5.74) is 0.998. The summed E-state index contributed by atoms with van der Waals surface area (Å²) < 4.78 is 47.2. The lowest BCUT2D eigenvalue weighted by molar-refractivity contribution is -0.274. The third kappa shape index (κ3) is 4.80. The molecule has 1 aliphatic rings. The lowest BCUT2D eigenvalue weighted by Gasteiger charge is -2.34. The van der Waals surface area contributed by atoms with Gasteiger partial charge in [0.2, 0.25) is 0 Å². The van der Waals surface area contributed by atoms with E-state index in [4.69, 9.17) is 16.3 Å². The van der Waals surface area contributed by atoms with Gasteiger partial charge in [-0.2, -0.15) is 0 Å². The summed E-state index contributed by atoms with van der Waals surface area (Å²) in [6, 6.07) is 8.98. The van der Waals surface area contributed by atoms with E-state index >= 15 is 0 Å². The molecule has 0 bridgehead atoms. The van der Waals surface area contributed by atoms with Crippen LogP contribution in [0, 0.1) is 0 Å². The van der Waals surface area contributed by atoms with E-state index in [1.54, 1.807) is 23.1 Å². The summed E-state index contributed by atoms with van der Waals surface area (Å²) >= 11 is 7.32. The van der Waals surface area contributed by atoms with Gasteiger partial charge in [0.15, 0.2) is 5.13 Å². The first kappa shape index (κ1) is 21.5. The Kier molecular flexibility index (Phi) is 5.85. The Hall–Kier alpha value is -2.72. The number of nitrogens with zero attached hydrogens (tertiary/aromatic N) is 3. The Morgan fingerprint density at radius 3 is 2.55 bits per heavy atom. The average molecular weight is 472 g/mol. The topological polar surface area (TPSA) is 54.9 Å². The molecule has 0 atom stereocenters. The summed E-state index contributed by atoms with van der Waals surface area (Å²) in [7, 11) is 1.50. The van der Waals surface area contributed by atoms with Gasteiger partial charge in [-0.25, -0.2) is 4.98 Å². The fourth-order valence-corrected chi connectivity index (χ4v) is 4.56. The maximum atomic E-state index is 12.9. The Morgan fingerprint density at radius 1 is 1.13 bits per heavy atom. The number of benzene rings is 2. The predicted molar refractivity (Wildman–Crippen MR) is 112 cm³/mol. The highest BCUT2D eigenvalue weighted by atomic mass is 35.5. The van der Waals surface area contributed by atoms with E-state index in [-0.39, 0.29) is 11.7 Å². The highest BCUT2D eigenvalue weighted by Gasteiger charge is 2.31. The molecule has 0 aliphatic carbocycles. The Morgan fingerprint density at radius 2 is 1.87 bits per heavy atom. The van der Waals surface area contributed by atoms with Gasteiger partial charge >= 0.3 is 6.36 Å². The van der Waals surface area contributed by atoms with Crippen LogP contribution in [0.25, 0.3) is 10.2 Å². The summed E-state index contributed by atoms with van der Waals surface area (Å²) in [6.45, 7) is 2.01. The quantitative estimate of drug-likeness (QED) is 0.546. The van der Waals surface area contributed by atoms with Gasteiger partial charge in [0.25, 0.3) is 5.91 Å². The first-order valence-corrected chi connectivity index (χ1v) is 10.5. The molecule has 0 spiro atoms. The molecule has 1 saturated heterocycles. The summed E-state index contributed by atoms with van der Waals surface area (Å²) in [5.74, 6) is 0.0122. The lowest BCUT2D eigenvalue weighted by atomic mass is 10.1. The van der Waals surface area contributed by atoms with E-state index in [1.807, 2.05) is 4.90 Å². The SMILES string of the molecule is COc1ccc(Cl)cc1C(=O)N1CCN(c2nc3ccc(OC(F)(F)F)cc3s2)CC1. The van der Waals surface area contributed by atoms with Crippen molar-refractivity contribution in [3.05, 3.63) is 47.0 Å². The smallest absolute Gasteiger partial charge is 0.496 e. The molecule has 3 aromatic rings. The Bertz CT molecular complexity index is 1110. The van der Waals surface area contributed by atoms with Crippen LogP contribution in [0.5, 0.6) is 11.5 Å². The summed E-state index contributed by atoms with van der Waals surface area (Å²) in [4.78, 5) is 21.1. The van der Waals surface area contributed by atoms with E-state index in [2.05, 4.69) is 9.72 Å². The molecule has 2 heterocycles. The van der Waals surface area contributed by atoms with E-state index < -0.39 is 6.36 Å². The molecule has 1 fully saturated rings. The van der Waals surface area contributed by atoms with Crippen LogP contribution in [0.2, 0.25) is 5.02 Å². The Balaban J connectivity index is 1.45. The number of aromatic nitrogens is 1. The molecule has 2 aromatic carbocycles. The molecule has 11 heteroatoms. The zero-order valence-corrected chi connectivity index (χ0v) is 17.9. The Labute approximate surface area is 184 Å². The van der Waals surface area contributed by atoms with Crippen LogP contribution >= 0.6 is 22.9 Å². The fraction of sp³-hybridized carbons (Fsp3) is 0.300. The van der Waals surface area contributed by atoms with Crippen LogP contribution in [0.4, 0.5) is 18.3 Å². The molecule has 1 aromatic heterocycles. The molecule has 1 aliphatic heterocycles. The molecule has 4 rings (SSSR count). The minimum atomic E-state index is -4.74. The molecule has 31 heavy (non-hydrogen) atoms. The van der Waals surface area contributed by atoms with Crippen LogP contribution < -0.4 is 14.4 Å². The average Bonchev–Trinajstić information content (AvgIpc) is 3.15. The maximum absolute atomic E-state index is 12.9. The highest BCUT2D eigenvalue weighted by molar-refractivity contribution is 7.22. The van der Waals surface area contributed by atoms with Gasteiger partial charge in [0, 0.05) is 37.3 Å². The molecule has 1 amide bonds. The third-order valence-electron chi connectivity index (χ3n) is 4.81. The summed E-state index contributed by atoms with van der Waals surface area (Å²) in [5, 5.41) is 1.14. The van der Waals surface area contributed by atoms with Gasteiger partial charge in [-0.1, -0.05) is 22.9 Å². The number of alkyl halides is 3. The van der Waals surface area contributed by atoms with E-state index in [0.29, 0.717) is 57.9 Å². The number of rotatable bonds is 4. The minimum Gasteiger partial charge on any atom is -0.496 e. The molecule has 6 nitrogen and oxygen atoms in total. The number of thiazole rings is 1. The number of amides is 1. The van der Waals surface area contributed by atoms with Crippen molar-refractivity contribution in [2.24, 2.45) is 0 Å². The standard InChI is InChI=1S/C20H17ClF3N3O3S/c1-29-16-5-2-12(21)10-14(16)18(28)26-6-8-27(9-7-26)19-25-15-4-3-13(11-17(15)31-19)30-20(22,23)24/h2-5,10-11H,6-9H2,1H3. The molecular formula is C20H17ClF3N3O3S. The van der Waals surface area contributed by atoms with Crippen LogP contribution in [0.15, 0.2) is 36.4 Å². The molecular weight excluding hydrogens is 455 g/mol. The summed E-state index contributed by atoms with van der Waals surface area (Å²) in [6.07, 6.45) is -4.74. The van der Waals surface area contributed by atoms with Crippen LogP contribution in [-0.2, 0) is 0 Å². The number of piperazine rings is 1. The number of hydrogen-bond donors (Lipinski definition) is 0. The zero-order valence-electron chi connectivity index (χ0n) is 16.3. The van der Waals surface area contributed by atoms with Crippen molar-refractivity contribution in [2.75, 3.05) is 38.2 Å². The van der Waals surface area contributed by atoms with Crippen LogP contribution in [0.1, 0.15) is 10.4 Å².